The Morgan fingerprint density at radius 3 is 2.50 bits per heavy atom. The highest BCUT2D eigenvalue weighted by Gasteiger charge is 2.20. The monoisotopic (exact) mass is 423 g/mol. The summed E-state index contributed by atoms with van der Waals surface area (Å²) in [6.45, 7) is 3.59. The minimum Gasteiger partial charge on any atom is -0.388 e. The molecular weight excluding hydrogens is 394 g/mol. The Bertz CT molecular complexity index is 1240. The number of nitrogens with zero attached hydrogens (tertiary/aromatic N) is 1. The molecule has 0 bridgehead atoms. The van der Waals surface area contributed by atoms with Crippen LogP contribution in [0, 0.1) is 0 Å². The summed E-state index contributed by atoms with van der Waals surface area (Å²) in [4.78, 5) is 4.68. The largest absolute Gasteiger partial charge is 0.388 e. The predicted octanol–water partition coefficient (Wildman–Crippen LogP) is 6.30. The average molecular weight is 424 g/mol. The Morgan fingerprint density at radius 2 is 1.66 bits per heavy atom. The van der Waals surface area contributed by atoms with Crippen LogP contribution in [0.25, 0.3) is 23.1 Å². The second-order valence-corrected chi connectivity index (χ2v) is 8.70. The maximum absolute atomic E-state index is 10.8. The highest BCUT2D eigenvalue weighted by Crippen LogP contribution is 2.27. The number of aliphatic hydroxyl groups is 2. The lowest BCUT2D eigenvalue weighted by molar-refractivity contribution is 0.0772. The van der Waals surface area contributed by atoms with Crippen molar-refractivity contribution in [3.8, 4) is 0 Å². The van der Waals surface area contributed by atoms with Crippen molar-refractivity contribution in [1.82, 2.24) is 4.98 Å². The second kappa shape index (κ2) is 9.47. The Morgan fingerprint density at radius 1 is 0.875 bits per heavy atom. The van der Waals surface area contributed by atoms with Crippen LogP contribution in [0.4, 0.5) is 0 Å². The quantitative estimate of drug-likeness (QED) is 0.367. The van der Waals surface area contributed by atoms with E-state index in [2.05, 4.69) is 17.1 Å². The number of hydrogen-bond donors (Lipinski definition) is 2. The van der Waals surface area contributed by atoms with E-state index in [1.54, 1.807) is 13.8 Å². The van der Waals surface area contributed by atoms with E-state index < -0.39 is 11.7 Å². The van der Waals surface area contributed by atoms with Crippen LogP contribution in [-0.4, -0.2) is 15.2 Å². The number of fused-ring (bicyclic) bond motifs is 1. The maximum atomic E-state index is 10.8. The van der Waals surface area contributed by atoms with Gasteiger partial charge in [0.2, 0.25) is 0 Å². The number of aryl methyl sites for hydroxylation is 1. The summed E-state index contributed by atoms with van der Waals surface area (Å²) in [7, 11) is 0. The van der Waals surface area contributed by atoms with Gasteiger partial charge >= 0.3 is 0 Å². The highest BCUT2D eigenvalue weighted by atomic mass is 16.3. The number of pyridine rings is 1. The molecule has 2 N–H and O–H groups in total. The van der Waals surface area contributed by atoms with E-state index in [1.807, 2.05) is 84.9 Å². The lowest BCUT2D eigenvalue weighted by atomic mass is 9.90. The first-order chi connectivity index (χ1) is 15.4. The number of para-hydroxylation sites is 1. The fourth-order valence-electron chi connectivity index (χ4n) is 4.02. The third-order valence-corrected chi connectivity index (χ3v) is 5.73. The highest BCUT2D eigenvalue weighted by molar-refractivity contribution is 5.80. The Labute approximate surface area is 189 Å². The van der Waals surface area contributed by atoms with Crippen LogP contribution in [0.2, 0.25) is 0 Å². The topological polar surface area (TPSA) is 53.4 Å². The number of aliphatic hydroxyl groups excluding tert-OH is 1. The molecule has 32 heavy (non-hydrogen) atoms. The molecule has 0 amide bonds. The van der Waals surface area contributed by atoms with Gasteiger partial charge in [-0.25, -0.2) is 4.98 Å². The van der Waals surface area contributed by atoms with E-state index in [9.17, 15) is 10.2 Å². The molecule has 0 spiro atoms. The summed E-state index contributed by atoms with van der Waals surface area (Å²) < 4.78 is 0. The summed E-state index contributed by atoms with van der Waals surface area (Å²) in [6.07, 6.45) is 4.74. The first-order valence-electron chi connectivity index (χ1n) is 11.0. The molecule has 0 fully saturated rings. The first-order valence-corrected chi connectivity index (χ1v) is 11.0. The Balaban J connectivity index is 1.46. The van der Waals surface area contributed by atoms with Crippen LogP contribution in [0.5, 0.6) is 0 Å². The van der Waals surface area contributed by atoms with Gasteiger partial charge in [-0.3, -0.25) is 0 Å². The molecule has 0 aliphatic carbocycles. The lowest BCUT2D eigenvalue weighted by Gasteiger charge is -2.22. The number of rotatable bonds is 7. The molecule has 0 saturated carbocycles. The van der Waals surface area contributed by atoms with Crippen LogP contribution in [0.1, 0.15) is 54.3 Å². The van der Waals surface area contributed by atoms with Gasteiger partial charge in [-0.05, 0) is 73.2 Å². The van der Waals surface area contributed by atoms with Gasteiger partial charge < -0.3 is 10.2 Å². The number of aromatic nitrogens is 1. The van der Waals surface area contributed by atoms with Crippen molar-refractivity contribution >= 4 is 23.1 Å². The van der Waals surface area contributed by atoms with Gasteiger partial charge in [0.1, 0.15) is 0 Å². The standard InChI is InChI=1S/C29H29NO2/c1-29(2,32)26-12-5-3-9-22(26)16-19-28(31)24-11-7-8-21(20-24)14-17-25-18-15-23-10-4-6-13-27(23)30-25/h3-15,17-18,20,28,31-32H,16,19H2,1-2H3/t28-/m0/s1. The van der Waals surface area contributed by atoms with Crippen molar-refractivity contribution in [2.75, 3.05) is 0 Å². The summed E-state index contributed by atoms with van der Waals surface area (Å²) in [5.41, 5.74) is 4.86. The van der Waals surface area contributed by atoms with Gasteiger partial charge in [-0.2, -0.15) is 0 Å². The minimum absolute atomic E-state index is 0.572. The van der Waals surface area contributed by atoms with Gasteiger partial charge in [0.25, 0.3) is 0 Å². The molecule has 1 aromatic heterocycles. The molecule has 0 aliphatic heterocycles. The molecular formula is C29H29NO2. The van der Waals surface area contributed by atoms with Gasteiger partial charge in [0.05, 0.1) is 22.9 Å². The Hall–Kier alpha value is -3.27. The van der Waals surface area contributed by atoms with Crippen molar-refractivity contribution in [2.24, 2.45) is 0 Å². The van der Waals surface area contributed by atoms with E-state index in [1.165, 1.54) is 0 Å². The van der Waals surface area contributed by atoms with Crippen LogP contribution < -0.4 is 0 Å². The van der Waals surface area contributed by atoms with Gasteiger partial charge in [-0.1, -0.05) is 72.8 Å². The van der Waals surface area contributed by atoms with Gasteiger partial charge in [0, 0.05) is 5.39 Å². The van der Waals surface area contributed by atoms with Crippen LogP contribution in [-0.2, 0) is 12.0 Å². The SMILES string of the molecule is CC(C)(O)c1ccccc1CC[C@H](O)c1cccc(C=Cc2ccc3ccccc3n2)c1. The van der Waals surface area contributed by atoms with Crippen LogP contribution in [0.3, 0.4) is 0 Å². The zero-order valence-electron chi connectivity index (χ0n) is 18.6. The fourth-order valence-corrected chi connectivity index (χ4v) is 4.02. The van der Waals surface area contributed by atoms with Crippen molar-refractivity contribution < 1.29 is 10.2 Å². The second-order valence-electron chi connectivity index (χ2n) is 8.70. The zero-order chi connectivity index (χ0) is 22.6. The molecule has 1 atom stereocenters. The van der Waals surface area contributed by atoms with Crippen molar-refractivity contribution in [3.05, 3.63) is 113 Å². The predicted molar refractivity (Wildman–Crippen MR) is 132 cm³/mol. The molecule has 4 rings (SSSR count). The van der Waals surface area contributed by atoms with Crippen molar-refractivity contribution in [2.45, 2.75) is 38.4 Å². The summed E-state index contributed by atoms with van der Waals surface area (Å²) in [5, 5.41) is 22.4. The minimum atomic E-state index is -0.900. The van der Waals surface area contributed by atoms with Gasteiger partial charge in [0.15, 0.2) is 0 Å². The molecule has 3 heteroatoms. The van der Waals surface area contributed by atoms with Crippen LogP contribution >= 0.6 is 0 Å². The molecule has 1 heterocycles. The van der Waals surface area contributed by atoms with E-state index >= 15 is 0 Å². The molecule has 0 unspecified atom stereocenters. The molecule has 0 radical (unpaired) electrons. The van der Waals surface area contributed by atoms with E-state index in [0.29, 0.717) is 12.8 Å². The van der Waals surface area contributed by atoms with E-state index in [4.69, 9.17) is 0 Å². The molecule has 0 saturated heterocycles. The normalized spacial score (nSPS) is 13.0. The fraction of sp³-hybridized carbons (Fsp3) is 0.207. The molecule has 0 aliphatic rings. The maximum Gasteiger partial charge on any atom is 0.0843 e. The summed E-state index contributed by atoms with van der Waals surface area (Å²) in [6, 6.07) is 28.0. The molecule has 4 aromatic rings. The van der Waals surface area contributed by atoms with E-state index in [-0.39, 0.29) is 0 Å². The average Bonchev–Trinajstić information content (AvgIpc) is 2.81. The summed E-state index contributed by atoms with van der Waals surface area (Å²) in [5.74, 6) is 0. The van der Waals surface area contributed by atoms with Crippen LogP contribution in [0.15, 0.2) is 84.9 Å². The first kappa shape index (κ1) is 21.9. The number of benzene rings is 3. The van der Waals surface area contributed by atoms with Gasteiger partial charge in [-0.15, -0.1) is 0 Å². The van der Waals surface area contributed by atoms with Crippen molar-refractivity contribution in [3.63, 3.8) is 0 Å². The zero-order valence-corrected chi connectivity index (χ0v) is 18.6. The molecule has 3 aromatic carbocycles. The van der Waals surface area contributed by atoms with Crippen molar-refractivity contribution in [1.29, 1.82) is 0 Å². The molecule has 3 nitrogen and oxygen atoms in total. The Kier molecular flexibility index (Phi) is 6.50. The third kappa shape index (κ3) is 5.31. The smallest absolute Gasteiger partial charge is 0.0843 e. The number of hydrogen-bond acceptors (Lipinski definition) is 3. The lowest BCUT2D eigenvalue weighted by Crippen LogP contribution is -2.18. The van der Waals surface area contributed by atoms with E-state index in [0.717, 1.165) is 38.9 Å². The molecule has 162 valence electrons. The summed E-state index contributed by atoms with van der Waals surface area (Å²) >= 11 is 0. The third-order valence-electron chi connectivity index (χ3n) is 5.73.